The van der Waals surface area contributed by atoms with Crippen LogP contribution in [0.4, 0.5) is 0 Å². The first-order valence-electron chi connectivity index (χ1n) is 7.38. The maximum absolute atomic E-state index is 11.7. The van der Waals surface area contributed by atoms with Crippen LogP contribution in [0.3, 0.4) is 0 Å². The van der Waals surface area contributed by atoms with Gasteiger partial charge in [0.05, 0.1) is 18.7 Å². The van der Waals surface area contributed by atoms with E-state index < -0.39 is 12.1 Å². The van der Waals surface area contributed by atoms with Crippen molar-refractivity contribution >= 4 is 24.2 Å². The monoisotopic (exact) mass is 343 g/mol. The van der Waals surface area contributed by atoms with Crippen LogP contribution in [-0.4, -0.2) is 29.5 Å². The molecule has 1 rings (SSSR count). The average molecular weight is 344 g/mol. The Labute approximate surface area is 143 Å². The molecular weight excluding hydrogens is 318 g/mol. The molecule has 130 valence electrons. The standard InChI is InChI=1S/C16H25N3O3.ClH/c1-10(2)15(17)16(22)19-9-14(21)18-8-12-4-6-13(7-5-12)11(3)20;/h4-7,10-11,15,20H,8-9,17H2,1-3H3,(H,18,21)(H,19,22);1H/t11?,15-;/m0./s1. The number of hydrogen-bond donors (Lipinski definition) is 4. The summed E-state index contributed by atoms with van der Waals surface area (Å²) in [5, 5.41) is 14.6. The molecule has 0 bridgehead atoms. The van der Waals surface area contributed by atoms with Crippen LogP contribution >= 0.6 is 12.4 Å². The van der Waals surface area contributed by atoms with Crippen molar-refractivity contribution in [1.82, 2.24) is 10.6 Å². The Kier molecular flexibility index (Phi) is 9.48. The van der Waals surface area contributed by atoms with Gasteiger partial charge in [0.25, 0.3) is 0 Å². The molecule has 6 nitrogen and oxygen atoms in total. The SMILES string of the molecule is CC(O)c1ccc(CNC(=O)CNC(=O)[C@@H](N)C(C)C)cc1.Cl. The van der Waals surface area contributed by atoms with Gasteiger partial charge in [-0.3, -0.25) is 9.59 Å². The van der Waals surface area contributed by atoms with E-state index in [0.29, 0.717) is 6.54 Å². The molecule has 0 saturated heterocycles. The van der Waals surface area contributed by atoms with Crippen LogP contribution in [-0.2, 0) is 16.1 Å². The van der Waals surface area contributed by atoms with E-state index in [2.05, 4.69) is 10.6 Å². The third-order valence-corrected chi connectivity index (χ3v) is 3.40. The lowest BCUT2D eigenvalue weighted by molar-refractivity contribution is -0.127. The summed E-state index contributed by atoms with van der Waals surface area (Å²) in [6, 6.07) is 6.71. The summed E-state index contributed by atoms with van der Waals surface area (Å²) in [5.41, 5.74) is 7.43. The molecule has 5 N–H and O–H groups in total. The first-order chi connectivity index (χ1) is 10.3. The lowest BCUT2D eigenvalue weighted by Gasteiger charge is -2.15. The molecule has 0 heterocycles. The fraction of sp³-hybridized carbons (Fsp3) is 0.500. The van der Waals surface area contributed by atoms with Crippen molar-refractivity contribution in [1.29, 1.82) is 0 Å². The van der Waals surface area contributed by atoms with Gasteiger partial charge in [0.1, 0.15) is 0 Å². The number of aliphatic hydroxyl groups excluding tert-OH is 1. The Morgan fingerprint density at radius 3 is 2.17 bits per heavy atom. The highest BCUT2D eigenvalue weighted by molar-refractivity contribution is 5.87. The minimum atomic E-state index is -0.610. The molecule has 23 heavy (non-hydrogen) atoms. The minimum Gasteiger partial charge on any atom is -0.389 e. The number of halogens is 1. The van der Waals surface area contributed by atoms with Gasteiger partial charge >= 0.3 is 0 Å². The third kappa shape index (κ3) is 7.45. The van der Waals surface area contributed by atoms with E-state index in [1.54, 1.807) is 6.92 Å². The van der Waals surface area contributed by atoms with Crippen LogP contribution in [0, 0.1) is 5.92 Å². The van der Waals surface area contributed by atoms with Crippen LogP contribution in [0.1, 0.15) is 38.0 Å². The zero-order valence-electron chi connectivity index (χ0n) is 13.7. The Morgan fingerprint density at radius 1 is 1.13 bits per heavy atom. The van der Waals surface area contributed by atoms with Gasteiger partial charge in [-0.1, -0.05) is 38.1 Å². The third-order valence-electron chi connectivity index (χ3n) is 3.40. The van der Waals surface area contributed by atoms with Crippen molar-refractivity contribution in [2.45, 2.75) is 39.5 Å². The van der Waals surface area contributed by atoms with Crippen LogP contribution in [0.25, 0.3) is 0 Å². The minimum absolute atomic E-state index is 0. The number of nitrogens with two attached hydrogens (primary N) is 1. The van der Waals surface area contributed by atoms with Crippen LogP contribution in [0.15, 0.2) is 24.3 Å². The molecule has 0 aliphatic carbocycles. The van der Waals surface area contributed by atoms with Crippen LogP contribution in [0.5, 0.6) is 0 Å². The van der Waals surface area contributed by atoms with E-state index in [9.17, 15) is 14.7 Å². The van der Waals surface area contributed by atoms with Crippen molar-refractivity contribution in [2.24, 2.45) is 11.7 Å². The maximum Gasteiger partial charge on any atom is 0.239 e. The van der Waals surface area contributed by atoms with Crippen LogP contribution in [0.2, 0.25) is 0 Å². The number of nitrogens with one attached hydrogen (secondary N) is 2. The van der Waals surface area contributed by atoms with Gasteiger partial charge in [-0.05, 0) is 24.0 Å². The molecule has 0 saturated carbocycles. The number of benzene rings is 1. The molecule has 1 aromatic carbocycles. The number of carbonyl (C=O) groups is 2. The van der Waals surface area contributed by atoms with Gasteiger partial charge < -0.3 is 21.5 Å². The summed E-state index contributed by atoms with van der Waals surface area (Å²) in [4.78, 5) is 23.3. The Balaban J connectivity index is 0.00000484. The second-order valence-electron chi connectivity index (χ2n) is 5.68. The Bertz CT molecular complexity index is 504. The van der Waals surface area contributed by atoms with Crippen molar-refractivity contribution in [2.75, 3.05) is 6.54 Å². The molecule has 2 atom stereocenters. The normalized spacial score (nSPS) is 13.0. The first kappa shape index (κ1) is 21.4. The molecule has 0 aliphatic heterocycles. The number of hydrogen-bond acceptors (Lipinski definition) is 4. The fourth-order valence-electron chi connectivity index (χ4n) is 1.77. The molecule has 0 aromatic heterocycles. The maximum atomic E-state index is 11.7. The molecule has 0 fully saturated rings. The average Bonchev–Trinajstić information content (AvgIpc) is 2.49. The molecule has 1 aromatic rings. The quantitative estimate of drug-likeness (QED) is 0.589. The van der Waals surface area contributed by atoms with Crippen LogP contribution < -0.4 is 16.4 Å². The zero-order valence-corrected chi connectivity index (χ0v) is 14.5. The number of carbonyl (C=O) groups excluding carboxylic acids is 2. The highest BCUT2D eigenvalue weighted by Gasteiger charge is 2.17. The van der Waals surface area contributed by atoms with Crippen molar-refractivity contribution < 1.29 is 14.7 Å². The van der Waals surface area contributed by atoms with Gasteiger partial charge in [-0.2, -0.15) is 0 Å². The van der Waals surface area contributed by atoms with Gasteiger partial charge in [0, 0.05) is 6.54 Å². The van der Waals surface area contributed by atoms with Gasteiger partial charge in [-0.15, -0.1) is 12.4 Å². The van der Waals surface area contributed by atoms with Gasteiger partial charge in [0.15, 0.2) is 0 Å². The topological polar surface area (TPSA) is 104 Å². The largest absolute Gasteiger partial charge is 0.389 e. The molecular formula is C16H26ClN3O3. The summed E-state index contributed by atoms with van der Waals surface area (Å²) < 4.78 is 0. The molecule has 0 aliphatic rings. The van der Waals surface area contributed by atoms with Crippen molar-refractivity contribution in [3.63, 3.8) is 0 Å². The Morgan fingerprint density at radius 2 is 1.70 bits per heavy atom. The summed E-state index contributed by atoms with van der Waals surface area (Å²) in [6.07, 6.45) is -0.510. The predicted molar refractivity (Wildman–Crippen MR) is 92.0 cm³/mol. The molecule has 0 radical (unpaired) electrons. The molecule has 7 heteroatoms. The molecule has 1 unspecified atom stereocenters. The number of rotatable bonds is 7. The van der Waals surface area contributed by atoms with Crippen molar-refractivity contribution in [3.05, 3.63) is 35.4 Å². The summed E-state index contributed by atoms with van der Waals surface area (Å²) >= 11 is 0. The lowest BCUT2D eigenvalue weighted by Crippen LogP contribution is -2.47. The highest BCUT2D eigenvalue weighted by Crippen LogP contribution is 2.12. The van der Waals surface area contributed by atoms with Gasteiger partial charge in [0.2, 0.25) is 11.8 Å². The summed E-state index contributed by atoms with van der Waals surface area (Å²) in [6.45, 7) is 5.67. The summed E-state index contributed by atoms with van der Waals surface area (Å²) in [7, 11) is 0. The van der Waals surface area contributed by atoms with E-state index in [1.807, 2.05) is 38.1 Å². The second kappa shape index (κ2) is 10.2. The van der Waals surface area contributed by atoms with E-state index in [0.717, 1.165) is 11.1 Å². The molecule has 0 spiro atoms. The van der Waals surface area contributed by atoms with E-state index in [-0.39, 0.29) is 36.7 Å². The summed E-state index contributed by atoms with van der Waals surface area (Å²) in [5.74, 6) is -0.578. The number of amides is 2. The van der Waals surface area contributed by atoms with E-state index >= 15 is 0 Å². The first-order valence-corrected chi connectivity index (χ1v) is 7.38. The van der Waals surface area contributed by atoms with Crippen molar-refractivity contribution in [3.8, 4) is 0 Å². The van der Waals surface area contributed by atoms with E-state index in [4.69, 9.17) is 5.73 Å². The highest BCUT2D eigenvalue weighted by atomic mass is 35.5. The Hall–Kier alpha value is -1.63. The van der Waals surface area contributed by atoms with Gasteiger partial charge in [-0.25, -0.2) is 0 Å². The lowest BCUT2D eigenvalue weighted by atomic mass is 10.1. The predicted octanol–water partition coefficient (Wildman–Crippen LogP) is 0.877. The second-order valence-corrected chi connectivity index (χ2v) is 5.68. The van der Waals surface area contributed by atoms with E-state index in [1.165, 1.54) is 0 Å². The molecule has 2 amide bonds. The number of aliphatic hydroxyl groups is 1. The fourth-order valence-corrected chi connectivity index (χ4v) is 1.77. The smallest absolute Gasteiger partial charge is 0.239 e. The zero-order chi connectivity index (χ0) is 16.7.